The summed E-state index contributed by atoms with van der Waals surface area (Å²) in [6, 6.07) is 0. The second-order valence-corrected chi connectivity index (χ2v) is 4.60. The van der Waals surface area contributed by atoms with Crippen molar-refractivity contribution in [1.29, 1.82) is 5.41 Å². The van der Waals surface area contributed by atoms with Gasteiger partial charge in [-0.2, -0.15) is 0 Å². The SMILES string of the molecule is CC1=C(CCC(=O)NC(CCC(N)=O)OC=N)C(=O)OC1=O. The van der Waals surface area contributed by atoms with Crippen molar-refractivity contribution in [2.75, 3.05) is 0 Å². The van der Waals surface area contributed by atoms with Crippen LogP contribution in [0.25, 0.3) is 0 Å². The maximum atomic E-state index is 11.8. The molecule has 1 aliphatic heterocycles. The van der Waals surface area contributed by atoms with Crippen LogP contribution < -0.4 is 11.1 Å². The van der Waals surface area contributed by atoms with Gasteiger partial charge in [0.15, 0.2) is 12.6 Å². The van der Waals surface area contributed by atoms with Gasteiger partial charge in [0.2, 0.25) is 11.8 Å². The summed E-state index contributed by atoms with van der Waals surface area (Å²) in [6.45, 7) is 1.45. The molecule has 0 radical (unpaired) electrons. The molecule has 1 unspecified atom stereocenters. The van der Waals surface area contributed by atoms with Crippen LogP contribution in [0.15, 0.2) is 11.1 Å². The average Bonchev–Trinajstić information content (AvgIpc) is 2.68. The maximum Gasteiger partial charge on any atom is 0.342 e. The minimum atomic E-state index is -0.857. The van der Waals surface area contributed by atoms with E-state index in [9.17, 15) is 19.2 Å². The fourth-order valence-corrected chi connectivity index (χ4v) is 1.81. The van der Waals surface area contributed by atoms with Gasteiger partial charge >= 0.3 is 11.9 Å². The van der Waals surface area contributed by atoms with E-state index < -0.39 is 30.0 Å². The zero-order chi connectivity index (χ0) is 16.7. The summed E-state index contributed by atoms with van der Waals surface area (Å²) in [5, 5.41) is 9.31. The zero-order valence-corrected chi connectivity index (χ0v) is 12.0. The van der Waals surface area contributed by atoms with Gasteiger partial charge < -0.3 is 20.5 Å². The number of nitrogens with one attached hydrogen (secondary N) is 2. The Hall–Kier alpha value is -2.71. The highest BCUT2D eigenvalue weighted by Crippen LogP contribution is 2.21. The highest BCUT2D eigenvalue weighted by Gasteiger charge is 2.29. The van der Waals surface area contributed by atoms with Gasteiger partial charge in [-0.25, -0.2) is 9.59 Å². The van der Waals surface area contributed by atoms with E-state index in [2.05, 4.69) is 10.1 Å². The predicted molar refractivity (Wildman–Crippen MR) is 73.3 cm³/mol. The van der Waals surface area contributed by atoms with Crippen LogP contribution in [0.1, 0.15) is 32.6 Å². The highest BCUT2D eigenvalue weighted by atomic mass is 16.6. The molecule has 0 fully saturated rings. The molecule has 0 saturated heterocycles. The lowest BCUT2D eigenvalue weighted by Gasteiger charge is -2.16. The van der Waals surface area contributed by atoms with E-state index in [-0.39, 0.29) is 36.8 Å². The minimum absolute atomic E-state index is 0.0100. The molecule has 0 aromatic rings. The Balaban J connectivity index is 2.50. The molecule has 0 aromatic heterocycles. The Bertz CT molecular complexity index is 540. The lowest BCUT2D eigenvalue weighted by Crippen LogP contribution is -2.37. The number of cyclic esters (lactones) is 2. The number of hydrogen-bond donors (Lipinski definition) is 3. The quantitative estimate of drug-likeness (QED) is 0.172. The third-order valence-corrected chi connectivity index (χ3v) is 3.00. The van der Waals surface area contributed by atoms with E-state index in [0.717, 1.165) is 0 Å². The van der Waals surface area contributed by atoms with E-state index in [0.29, 0.717) is 6.40 Å². The maximum absolute atomic E-state index is 11.8. The molecule has 9 nitrogen and oxygen atoms in total. The van der Waals surface area contributed by atoms with E-state index in [4.69, 9.17) is 15.9 Å². The molecule has 2 amide bonds. The molecule has 1 aliphatic rings. The molecule has 1 heterocycles. The number of ether oxygens (including phenoxy) is 2. The molecule has 120 valence electrons. The average molecular weight is 311 g/mol. The number of rotatable bonds is 9. The van der Waals surface area contributed by atoms with Gasteiger partial charge in [-0.05, 0) is 13.3 Å². The smallest absolute Gasteiger partial charge is 0.342 e. The summed E-state index contributed by atoms with van der Waals surface area (Å²) in [5.41, 5.74) is 5.36. The number of carbonyl (C=O) groups is 4. The summed E-state index contributed by atoms with van der Waals surface area (Å²) in [4.78, 5) is 45.0. The van der Waals surface area contributed by atoms with Gasteiger partial charge in [0.05, 0.1) is 0 Å². The first-order valence-corrected chi connectivity index (χ1v) is 6.53. The fraction of sp³-hybridized carbons (Fsp3) is 0.462. The van der Waals surface area contributed by atoms with Crippen LogP contribution >= 0.6 is 0 Å². The molecule has 1 rings (SSSR count). The van der Waals surface area contributed by atoms with Crippen molar-refractivity contribution < 1.29 is 28.7 Å². The zero-order valence-electron chi connectivity index (χ0n) is 12.0. The van der Waals surface area contributed by atoms with Crippen LogP contribution in [0.3, 0.4) is 0 Å². The number of primary amides is 1. The second-order valence-electron chi connectivity index (χ2n) is 4.60. The van der Waals surface area contributed by atoms with E-state index >= 15 is 0 Å². The van der Waals surface area contributed by atoms with Crippen molar-refractivity contribution in [3.8, 4) is 0 Å². The van der Waals surface area contributed by atoms with E-state index in [1.54, 1.807) is 0 Å². The summed E-state index contributed by atoms with van der Waals surface area (Å²) in [5.74, 6) is -2.45. The fourth-order valence-electron chi connectivity index (χ4n) is 1.81. The standard InChI is InChI=1S/C13H17N3O6/c1-7-8(13(20)22-12(7)19)2-4-10(18)16-11(21-6-14)5-3-9(15)17/h6,11,14H,2-5H2,1H3,(H2,15,17)(H,16,18). The monoisotopic (exact) mass is 311 g/mol. The van der Waals surface area contributed by atoms with Crippen LogP contribution in [0.5, 0.6) is 0 Å². The van der Waals surface area contributed by atoms with E-state index in [1.165, 1.54) is 6.92 Å². The predicted octanol–water partition coefficient (Wildman–Crippen LogP) is -0.502. The number of nitrogens with two attached hydrogens (primary N) is 1. The molecule has 0 aromatic carbocycles. The summed E-state index contributed by atoms with van der Waals surface area (Å²) < 4.78 is 9.25. The lowest BCUT2D eigenvalue weighted by molar-refractivity contribution is -0.151. The van der Waals surface area contributed by atoms with Crippen molar-refractivity contribution in [3.63, 3.8) is 0 Å². The second kappa shape index (κ2) is 7.91. The Morgan fingerprint density at radius 3 is 2.55 bits per heavy atom. The number of carbonyl (C=O) groups excluding carboxylic acids is 4. The summed E-state index contributed by atoms with van der Waals surface area (Å²) in [6.07, 6.45) is -0.114. The van der Waals surface area contributed by atoms with Crippen LogP contribution in [0.2, 0.25) is 0 Å². The first kappa shape index (κ1) is 17.3. The van der Waals surface area contributed by atoms with Crippen LogP contribution in [-0.4, -0.2) is 36.4 Å². The molecule has 22 heavy (non-hydrogen) atoms. The van der Waals surface area contributed by atoms with Crippen molar-refractivity contribution >= 4 is 30.2 Å². The highest BCUT2D eigenvalue weighted by molar-refractivity contribution is 6.12. The Labute approximate surface area is 126 Å². The Kier molecular flexibility index (Phi) is 6.24. The summed E-state index contributed by atoms with van der Waals surface area (Å²) >= 11 is 0. The normalized spacial score (nSPS) is 15.3. The van der Waals surface area contributed by atoms with Crippen molar-refractivity contribution in [3.05, 3.63) is 11.1 Å². The Morgan fingerprint density at radius 1 is 1.36 bits per heavy atom. The topological polar surface area (TPSA) is 149 Å². The van der Waals surface area contributed by atoms with Crippen LogP contribution in [0, 0.1) is 5.41 Å². The molecule has 1 atom stereocenters. The molecule has 4 N–H and O–H groups in total. The van der Waals surface area contributed by atoms with Gasteiger partial charge in [0.25, 0.3) is 0 Å². The first-order valence-electron chi connectivity index (χ1n) is 6.53. The van der Waals surface area contributed by atoms with Crippen LogP contribution in [-0.2, 0) is 28.7 Å². The van der Waals surface area contributed by atoms with Crippen molar-refractivity contribution in [2.24, 2.45) is 5.73 Å². The molecular weight excluding hydrogens is 294 g/mol. The van der Waals surface area contributed by atoms with Gasteiger partial charge in [0, 0.05) is 30.4 Å². The third kappa shape index (κ3) is 5.00. The van der Waals surface area contributed by atoms with E-state index in [1.807, 2.05) is 0 Å². The van der Waals surface area contributed by atoms with Gasteiger partial charge in [-0.3, -0.25) is 15.0 Å². The molecule has 0 bridgehead atoms. The minimum Gasteiger partial charge on any atom is -0.461 e. The number of amides is 2. The van der Waals surface area contributed by atoms with Crippen LogP contribution in [0.4, 0.5) is 0 Å². The van der Waals surface area contributed by atoms with Gasteiger partial charge in [-0.15, -0.1) is 0 Å². The lowest BCUT2D eigenvalue weighted by atomic mass is 10.1. The van der Waals surface area contributed by atoms with Crippen molar-refractivity contribution in [1.82, 2.24) is 5.32 Å². The van der Waals surface area contributed by atoms with Gasteiger partial charge in [-0.1, -0.05) is 0 Å². The third-order valence-electron chi connectivity index (χ3n) is 3.00. The molecule has 0 saturated carbocycles. The largest absolute Gasteiger partial charge is 0.461 e. The number of hydrogen-bond acceptors (Lipinski definition) is 7. The summed E-state index contributed by atoms with van der Waals surface area (Å²) in [7, 11) is 0. The molecule has 0 spiro atoms. The first-order chi connectivity index (χ1) is 10.3. The molecule has 0 aliphatic carbocycles. The van der Waals surface area contributed by atoms with Gasteiger partial charge in [0.1, 0.15) is 0 Å². The van der Waals surface area contributed by atoms with Crippen molar-refractivity contribution in [2.45, 2.75) is 38.8 Å². The molecular formula is C13H17N3O6. The number of esters is 2. The molecule has 9 heteroatoms. The Morgan fingerprint density at radius 2 is 2.05 bits per heavy atom.